The Bertz CT molecular complexity index is 1430. The summed E-state index contributed by atoms with van der Waals surface area (Å²) in [5, 5.41) is 16.0. The maximum absolute atomic E-state index is 12.6. The Kier molecular flexibility index (Phi) is 6.52. The van der Waals surface area contributed by atoms with Crippen molar-refractivity contribution in [1.82, 2.24) is 20.1 Å². The van der Waals surface area contributed by atoms with Gasteiger partial charge in [0.2, 0.25) is 0 Å². The number of halogens is 1. The number of thiophene rings is 1. The largest absolute Gasteiger partial charge is 0.495 e. The molecule has 0 saturated carbocycles. The van der Waals surface area contributed by atoms with Crippen LogP contribution in [0.25, 0.3) is 5.00 Å². The molecule has 0 aliphatic carbocycles. The van der Waals surface area contributed by atoms with Crippen molar-refractivity contribution >= 4 is 40.4 Å². The normalized spacial score (nSPS) is 12.3. The van der Waals surface area contributed by atoms with Gasteiger partial charge in [-0.05, 0) is 30.7 Å². The summed E-state index contributed by atoms with van der Waals surface area (Å²) in [6, 6.07) is 16.7. The number of anilines is 1. The molecule has 1 aliphatic rings. The molecule has 35 heavy (non-hydrogen) atoms. The van der Waals surface area contributed by atoms with Gasteiger partial charge in [0.15, 0.2) is 11.6 Å². The van der Waals surface area contributed by atoms with Gasteiger partial charge >= 0.3 is 6.03 Å². The molecule has 4 aromatic rings. The van der Waals surface area contributed by atoms with Crippen LogP contribution in [0.4, 0.5) is 10.5 Å². The molecule has 10 heteroatoms. The Morgan fingerprint density at radius 3 is 2.74 bits per heavy atom. The number of aryl methyl sites for hydroxylation is 1. The number of amides is 2. The molecule has 178 valence electrons. The van der Waals surface area contributed by atoms with Crippen LogP contribution in [0, 0.1) is 0 Å². The summed E-state index contributed by atoms with van der Waals surface area (Å²) in [7, 11) is 1.56. The third-order valence-corrected chi connectivity index (χ3v) is 7.23. The third kappa shape index (κ3) is 4.52. The molecule has 2 amide bonds. The average Bonchev–Trinajstić information content (AvgIpc) is 3.44. The van der Waals surface area contributed by atoms with Crippen LogP contribution in [0.15, 0.2) is 59.6 Å². The number of nitrogens with one attached hydrogen (secondary N) is 2. The van der Waals surface area contributed by atoms with E-state index in [2.05, 4.69) is 33.8 Å². The Morgan fingerprint density at radius 1 is 1.14 bits per heavy atom. The van der Waals surface area contributed by atoms with Gasteiger partial charge in [0.05, 0.1) is 25.1 Å². The monoisotopic (exact) mass is 506 g/mol. The molecule has 8 nitrogen and oxygen atoms in total. The van der Waals surface area contributed by atoms with Gasteiger partial charge in [-0.1, -0.05) is 48.9 Å². The van der Waals surface area contributed by atoms with E-state index in [-0.39, 0.29) is 12.6 Å². The van der Waals surface area contributed by atoms with E-state index < -0.39 is 0 Å². The van der Waals surface area contributed by atoms with E-state index in [1.165, 1.54) is 4.88 Å². The SMILES string of the molecule is CCc1cc2c(s1)-n1c(nnc1CNC(=O)Nc1ccccc1OC)CN=C2c1ccccc1Cl. The Morgan fingerprint density at radius 2 is 1.94 bits per heavy atom. The van der Waals surface area contributed by atoms with Gasteiger partial charge in [-0.3, -0.25) is 9.56 Å². The summed E-state index contributed by atoms with van der Waals surface area (Å²) in [6.07, 6.45) is 0.889. The van der Waals surface area contributed by atoms with Crippen LogP contribution < -0.4 is 15.4 Å². The fourth-order valence-corrected chi connectivity index (χ4v) is 5.30. The number of fused-ring (bicyclic) bond motifs is 3. The van der Waals surface area contributed by atoms with Crippen molar-refractivity contribution in [3.05, 3.63) is 87.3 Å². The maximum Gasteiger partial charge on any atom is 0.319 e. The van der Waals surface area contributed by atoms with Gasteiger partial charge in [-0.2, -0.15) is 0 Å². The fraction of sp³-hybridized carbons (Fsp3) is 0.200. The highest BCUT2D eigenvalue weighted by molar-refractivity contribution is 7.15. The van der Waals surface area contributed by atoms with Crippen molar-refractivity contribution in [2.45, 2.75) is 26.4 Å². The molecular weight excluding hydrogens is 484 g/mol. The molecule has 2 aromatic carbocycles. The summed E-state index contributed by atoms with van der Waals surface area (Å²) in [5.74, 6) is 1.91. The number of rotatable bonds is 6. The first-order valence-electron chi connectivity index (χ1n) is 11.1. The molecule has 1 aliphatic heterocycles. The van der Waals surface area contributed by atoms with E-state index in [1.807, 2.05) is 41.0 Å². The van der Waals surface area contributed by atoms with Crippen molar-refractivity contribution in [2.24, 2.45) is 4.99 Å². The van der Waals surface area contributed by atoms with E-state index >= 15 is 0 Å². The molecule has 0 atom stereocenters. The zero-order valence-corrected chi connectivity index (χ0v) is 20.8. The fourth-order valence-electron chi connectivity index (χ4n) is 3.94. The molecule has 0 fully saturated rings. The predicted octanol–water partition coefficient (Wildman–Crippen LogP) is 5.23. The number of aliphatic imine (C=N–C) groups is 1. The lowest BCUT2D eigenvalue weighted by Gasteiger charge is -2.12. The highest BCUT2D eigenvalue weighted by Gasteiger charge is 2.26. The van der Waals surface area contributed by atoms with Crippen molar-refractivity contribution in [2.75, 3.05) is 12.4 Å². The topological polar surface area (TPSA) is 93.4 Å². The van der Waals surface area contributed by atoms with Crippen molar-refractivity contribution in [3.63, 3.8) is 0 Å². The molecule has 0 unspecified atom stereocenters. The lowest BCUT2D eigenvalue weighted by molar-refractivity contribution is 0.251. The molecular formula is C25H23ClN6O2S. The smallest absolute Gasteiger partial charge is 0.319 e. The summed E-state index contributed by atoms with van der Waals surface area (Å²) in [5.41, 5.74) is 3.28. The minimum Gasteiger partial charge on any atom is -0.495 e. The van der Waals surface area contributed by atoms with E-state index in [9.17, 15) is 4.79 Å². The third-order valence-electron chi connectivity index (χ3n) is 5.64. The second kappa shape index (κ2) is 9.89. The van der Waals surface area contributed by atoms with Crippen LogP contribution in [0.3, 0.4) is 0 Å². The minimum absolute atomic E-state index is 0.189. The van der Waals surface area contributed by atoms with E-state index in [1.54, 1.807) is 30.6 Å². The number of ether oxygens (including phenoxy) is 1. The summed E-state index contributed by atoms with van der Waals surface area (Å²) < 4.78 is 7.30. The summed E-state index contributed by atoms with van der Waals surface area (Å²) in [4.78, 5) is 18.7. The number of carbonyl (C=O) groups excluding carboxylic acids is 1. The maximum atomic E-state index is 12.6. The second-order valence-electron chi connectivity index (χ2n) is 7.81. The first kappa shape index (κ1) is 23.1. The van der Waals surface area contributed by atoms with Crippen molar-refractivity contribution < 1.29 is 9.53 Å². The molecule has 0 radical (unpaired) electrons. The van der Waals surface area contributed by atoms with E-state index in [0.29, 0.717) is 34.7 Å². The number of benzene rings is 2. The van der Waals surface area contributed by atoms with Gasteiger partial charge in [-0.15, -0.1) is 21.5 Å². The van der Waals surface area contributed by atoms with E-state index in [4.69, 9.17) is 21.3 Å². The summed E-state index contributed by atoms with van der Waals surface area (Å²) in [6.45, 7) is 2.66. The van der Waals surface area contributed by atoms with Crippen LogP contribution in [0.2, 0.25) is 5.02 Å². The van der Waals surface area contributed by atoms with Crippen LogP contribution in [0.1, 0.15) is 34.6 Å². The lowest BCUT2D eigenvalue weighted by atomic mass is 10.0. The number of nitrogens with zero attached hydrogens (tertiary/aromatic N) is 4. The molecule has 0 bridgehead atoms. The highest BCUT2D eigenvalue weighted by atomic mass is 35.5. The van der Waals surface area contributed by atoms with Crippen LogP contribution in [-0.4, -0.2) is 33.6 Å². The lowest BCUT2D eigenvalue weighted by Crippen LogP contribution is -2.29. The van der Waals surface area contributed by atoms with E-state index in [0.717, 1.165) is 28.3 Å². The van der Waals surface area contributed by atoms with Gasteiger partial charge in [0.1, 0.15) is 17.3 Å². The van der Waals surface area contributed by atoms with Gasteiger partial charge < -0.3 is 15.4 Å². The average molecular weight is 507 g/mol. The molecule has 2 aromatic heterocycles. The standard InChI is InChI=1S/C25H23ClN6O2S/c1-3-15-12-17-23(16-8-4-5-9-18(16)26)27-13-21-30-31-22(32(21)24(17)35-15)14-28-25(33)29-19-10-6-7-11-20(19)34-2/h4-12H,3,13-14H2,1-2H3,(H2,28,29,33). The minimum atomic E-state index is -0.367. The number of urea groups is 1. The Labute approximate surface area is 211 Å². The molecule has 2 N–H and O–H groups in total. The number of hydrogen-bond donors (Lipinski definition) is 2. The quantitative estimate of drug-likeness (QED) is 0.374. The first-order valence-corrected chi connectivity index (χ1v) is 12.3. The van der Waals surface area contributed by atoms with Gasteiger partial charge in [0.25, 0.3) is 0 Å². The van der Waals surface area contributed by atoms with Crippen LogP contribution >= 0.6 is 22.9 Å². The highest BCUT2D eigenvalue weighted by Crippen LogP contribution is 2.34. The zero-order valence-electron chi connectivity index (χ0n) is 19.2. The molecule has 0 spiro atoms. The Balaban J connectivity index is 1.44. The van der Waals surface area contributed by atoms with Crippen molar-refractivity contribution in [3.8, 4) is 10.8 Å². The first-order chi connectivity index (χ1) is 17.1. The molecule has 5 rings (SSSR count). The van der Waals surface area contributed by atoms with Gasteiger partial charge in [0, 0.05) is 21.0 Å². The number of hydrogen-bond acceptors (Lipinski definition) is 6. The summed E-state index contributed by atoms with van der Waals surface area (Å²) >= 11 is 8.20. The van der Waals surface area contributed by atoms with Gasteiger partial charge in [-0.25, -0.2) is 4.79 Å². The number of para-hydroxylation sites is 2. The second-order valence-corrected chi connectivity index (χ2v) is 9.33. The number of methoxy groups -OCH3 is 1. The van der Waals surface area contributed by atoms with Crippen LogP contribution in [-0.2, 0) is 19.5 Å². The number of aromatic nitrogens is 3. The Hall–Kier alpha value is -3.69. The predicted molar refractivity (Wildman–Crippen MR) is 138 cm³/mol. The molecule has 3 heterocycles. The molecule has 0 saturated heterocycles. The van der Waals surface area contributed by atoms with Crippen molar-refractivity contribution in [1.29, 1.82) is 0 Å². The zero-order chi connectivity index (χ0) is 24.4. The van der Waals surface area contributed by atoms with Crippen LogP contribution in [0.5, 0.6) is 5.75 Å². The number of carbonyl (C=O) groups is 1.